The van der Waals surface area contributed by atoms with Crippen LogP contribution >= 0.6 is 0 Å². The van der Waals surface area contributed by atoms with Gasteiger partial charge < -0.3 is 10.3 Å². The number of carboxylic acid groups (broad SMARTS) is 1. The molecular weight excluding hydrogens is 266 g/mol. The fourth-order valence-electron chi connectivity index (χ4n) is 3.86. The van der Waals surface area contributed by atoms with Gasteiger partial charge in [-0.3, -0.25) is 4.79 Å². The van der Waals surface area contributed by atoms with Crippen LogP contribution in [0.1, 0.15) is 75.2 Å². The molecule has 0 unspecified atom stereocenters. The van der Waals surface area contributed by atoms with Crippen LogP contribution in [-0.2, 0) is 4.79 Å². The molecule has 0 aliphatic heterocycles. The molecule has 0 aromatic carbocycles. The van der Waals surface area contributed by atoms with Crippen LogP contribution in [0, 0.1) is 21.7 Å². The van der Waals surface area contributed by atoms with Crippen LogP contribution in [0.25, 0.3) is 0 Å². The van der Waals surface area contributed by atoms with Crippen LogP contribution in [0.4, 0.5) is 0 Å². The molecule has 4 nitrogen and oxygen atoms in total. The average Bonchev–Trinajstić information content (AvgIpc) is 2.10. The van der Waals surface area contributed by atoms with Gasteiger partial charge in [-0.1, -0.05) is 53.6 Å². The lowest BCUT2D eigenvalue weighted by atomic mass is 9.62. The van der Waals surface area contributed by atoms with E-state index in [0.29, 0.717) is 12.1 Å². The predicted molar refractivity (Wildman–Crippen MR) is 86.9 cm³/mol. The molecule has 0 heterocycles. The first-order valence-corrected chi connectivity index (χ1v) is 7.52. The summed E-state index contributed by atoms with van der Waals surface area (Å²) < 4.78 is 0. The first kappa shape index (κ1) is 19.9. The fraction of sp³-hybridized carbons (Fsp3) is 0.882. The summed E-state index contributed by atoms with van der Waals surface area (Å²) in [5, 5.41) is 22.5. The zero-order valence-corrected chi connectivity index (χ0v) is 15.2. The Hall–Kier alpha value is -1.06. The van der Waals surface area contributed by atoms with E-state index >= 15 is 0 Å². The quantitative estimate of drug-likeness (QED) is 0.420. The standard InChI is InChI=1S/C17H33NO3/c1-14(2,3)10-15(4,5)12(18-21)16(6,7)11-17(8,9)13(19)20/h21H,10-11H2,1-9H3,(H,19,20)/b18-12+. The Morgan fingerprint density at radius 2 is 1.19 bits per heavy atom. The van der Waals surface area contributed by atoms with Crippen LogP contribution in [0.15, 0.2) is 5.16 Å². The van der Waals surface area contributed by atoms with Gasteiger partial charge in [0.1, 0.15) is 0 Å². The largest absolute Gasteiger partial charge is 0.481 e. The molecule has 0 atom stereocenters. The molecule has 0 saturated heterocycles. The van der Waals surface area contributed by atoms with Gasteiger partial charge in [-0.15, -0.1) is 0 Å². The lowest BCUT2D eigenvalue weighted by Crippen LogP contribution is -2.43. The molecule has 2 N–H and O–H groups in total. The number of carboxylic acids is 1. The number of carbonyl (C=O) groups is 1. The molecule has 0 spiro atoms. The van der Waals surface area contributed by atoms with Gasteiger partial charge in [0.15, 0.2) is 0 Å². The second-order valence-electron chi connectivity index (χ2n) is 9.32. The van der Waals surface area contributed by atoms with E-state index < -0.39 is 16.8 Å². The highest BCUT2D eigenvalue weighted by Gasteiger charge is 2.44. The van der Waals surface area contributed by atoms with Crippen molar-refractivity contribution < 1.29 is 15.1 Å². The third-order valence-corrected chi connectivity index (χ3v) is 3.82. The molecular formula is C17H33NO3. The summed E-state index contributed by atoms with van der Waals surface area (Å²) in [7, 11) is 0. The topological polar surface area (TPSA) is 69.9 Å². The second kappa shape index (κ2) is 5.98. The van der Waals surface area contributed by atoms with Crippen molar-refractivity contribution in [1.29, 1.82) is 0 Å². The number of nitrogens with zero attached hydrogens (tertiary/aromatic N) is 1. The Kier molecular flexibility index (Phi) is 5.67. The molecule has 0 rings (SSSR count). The van der Waals surface area contributed by atoms with Gasteiger partial charge in [0.25, 0.3) is 0 Å². The highest BCUT2D eigenvalue weighted by atomic mass is 16.4. The van der Waals surface area contributed by atoms with Crippen molar-refractivity contribution in [3.05, 3.63) is 0 Å². The van der Waals surface area contributed by atoms with Gasteiger partial charge in [-0.05, 0) is 32.1 Å². The van der Waals surface area contributed by atoms with Crippen molar-refractivity contribution in [3.63, 3.8) is 0 Å². The van der Waals surface area contributed by atoms with Crippen LogP contribution < -0.4 is 0 Å². The lowest BCUT2D eigenvalue weighted by molar-refractivity contribution is -0.148. The van der Waals surface area contributed by atoms with Crippen molar-refractivity contribution in [3.8, 4) is 0 Å². The molecule has 0 radical (unpaired) electrons. The van der Waals surface area contributed by atoms with E-state index in [1.165, 1.54) is 0 Å². The van der Waals surface area contributed by atoms with Crippen molar-refractivity contribution in [2.75, 3.05) is 0 Å². The lowest BCUT2D eigenvalue weighted by Gasteiger charge is -2.41. The first-order valence-electron chi connectivity index (χ1n) is 7.52. The van der Waals surface area contributed by atoms with Gasteiger partial charge in [-0.2, -0.15) is 0 Å². The van der Waals surface area contributed by atoms with Crippen molar-refractivity contribution in [2.45, 2.75) is 75.2 Å². The molecule has 0 aliphatic carbocycles. The molecule has 0 fully saturated rings. The predicted octanol–water partition coefficient (Wildman–Crippen LogP) is 4.81. The SMILES string of the molecule is CC(C)(C)CC(C)(C)/C(=N\O)C(C)(C)CC(C)(C)C(=O)O. The van der Waals surface area contributed by atoms with Crippen LogP contribution in [0.3, 0.4) is 0 Å². The third-order valence-electron chi connectivity index (χ3n) is 3.82. The van der Waals surface area contributed by atoms with Crippen LogP contribution in [0.5, 0.6) is 0 Å². The minimum atomic E-state index is -0.864. The highest BCUT2D eigenvalue weighted by Crippen LogP contribution is 2.44. The summed E-state index contributed by atoms with van der Waals surface area (Å²) in [6.45, 7) is 17.9. The van der Waals surface area contributed by atoms with Gasteiger partial charge in [0.2, 0.25) is 0 Å². The van der Waals surface area contributed by atoms with E-state index in [2.05, 4.69) is 39.8 Å². The third kappa shape index (κ3) is 5.68. The Morgan fingerprint density at radius 1 is 0.810 bits per heavy atom. The van der Waals surface area contributed by atoms with E-state index in [1.807, 2.05) is 13.8 Å². The van der Waals surface area contributed by atoms with Crippen molar-refractivity contribution in [1.82, 2.24) is 0 Å². The van der Waals surface area contributed by atoms with E-state index in [9.17, 15) is 15.1 Å². The van der Waals surface area contributed by atoms with Crippen LogP contribution in [0.2, 0.25) is 0 Å². The zero-order valence-electron chi connectivity index (χ0n) is 15.2. The van der Waals surface area contributed by atoms with Crippen LogP contribution in [-0.4, -0.2) is 22.0 Å². The summed E-state index contributed by atoms with van der Waals surface area (Å²) in [4.78, 5) is 11.4. The number of hydrogen-bond donors (Lipinski definition) is 2. The fourth-order valence-corrected chi connectivity index (χ4v) is 3.86. The smallest absolute Gasteiger partial charge is 0.309 e. The van der Waals surface area contributed by atoms with Crippen molar-refractivity contribution >= 4 is 11.7 Å². The molecule has 0 amide bonds. The average molecular weight is 299 g/mol. The number of oxime groups is 1. The molecule has 0 aromatic heterocycles. The number of rotatable bonds is 6. The Balaban J connectivity index is 5.50. The van der Waals surface area contributed by atoms with E-state index in [0.717, 1.165) is 6.42 Å². The Bertz CT molecular complexity index is 412. The Morgan fingerprint density at radius 3 is 1.48 bits per heavy atom. The van der Waals surface area contributed by atoms with Gasteiger partial charge in [-0.25, -0.2) is 0 Å². The molecule has 124 valence electrons. The summed E-state index contributed by atoms with van der Waals surface area (Å²) in [5.41, 5.74) is -0.898. The van der Waals surface area contributed by atoms with Gasteiger partial charge in [0.05, 0.1) is 11.1 Å². The van der Waals surface area contributed by atoms with Gasteiger partial charge in [0, 0.05) is 10.8 Å². The summed E-state index contributed by atoms with van der Waals surface area (Å²) >= 11 is 0. The molecule has 0 aromatic rings. The van der Waals surface area contributed by atoms with E-state index in [-0.39, 0.29) is 10.8 Å². The normalized spacial score (nSPS) is 15.2. The van der Waals surface area contributed by atoms with Gasteiger partial charge >= 0.3 is 5.97 Å². The molecule has 0 saturated carbocycles. The highest BCUT2D eigenvalue weighted by molar-refractivity contribution is 5.94. The maximum Gasteiger partial charge on any atom is 0.309 e. The maximum absolute atomic E-state index is 11.4. The molecule has 4 heteroatoms. The number of hydrogen-bond acceptors (Lipinski definition) is 3. The monoisotopic (exact) mass is 299 g/mol. The Labute approximate surface area is 129 Å². The number of aliphatic carboxylic acids is 1. The van der Waals surface area contributed by atoms with Crippen molar-refractivity contribution in [2.24, 2.45) is 26.8 Å². The summed E-state index contributed by atoms with van der Waals surface area (Å²) in [5.74, 6) is -0.832. The molecule has 0 aliphatic rings. The first-order chi connectivity index (χ1) is 9.05. The minimum absolute atomic E-state index is 0.0951. The summed E-state index contributed by atoms with van der Waals surface area (Å²) in [6.07, 6.45) is 1.28. The molecule has 0 bridgehead atoms. The van der Waals surface area contributed by atoms with E-state index in [4.69, 9.17) is 0 Å². The molecule has 21 heavy (non-hydrogen) atoms. The maximum atomic E-state index is 11.4. The van der Waals surface area contributed by atoms with E-state index in [1.54, 1.807) is 13.8 Å². The second-order valence-corrected chi connectivity index (χ2v) is 9.32. The summed E-state index contributed by atoms with van der Waals surface area (Å²) in [6, 6.07) is 0. The zero-order chi connectivity index (χ0) is 17.3. The minimum Gasteiger partial charge on any atom is -0.481 e.